The van der Waals surface area contributed by atoms with Gasteiger partial charge in [-0.15, -0.1) is 0 Å². The third kappa shape index (κ3) is 3.32. The molecule has 1 unspecified atom stereocenters. The summed E-state index contributed by atoms with van der Waals surface area (Å²) in [6, 6.07) is 2.77. The molecule has 0 aliphatic carbocycles. The van der Waals surface area contributed by atoms with Gasteiger partial charge in [-0.2, -0.15) is 5.10 Å². The van der Waals surface area contributed by atoms with Crippen molar-refractivity contribution < 1.29 is 0 Å². The van der Waals surface area contributed by atoms with Gasteiger partial charge in [-0.1, -0.05) is 22.4 Å². The molecule has 1 saturated heterocycles. The van der Waals surface area contributed by atoms with Crippen LogP contribution in [0.25, 0.3) is 0 Å². The molecule has 1 atom stereocenters. The fourth-order valence-electron chi connectivity index (χ4n) is 2.47. The molecule has 2 heterocycles. The van der Waals surface area contributed by atoms with Crippen LogP contribution >= 0.6 is 15.9 Å². The number of aromatic nitrogens is 2. The minimum absolute atomic E-state index is 0.781. The zero-order chi connectivity index (χ0) is 11.2. The summed E-state index contributed by atoms with van der Waals surface area (Å²) in [4.78, 5) is 2.63. The van der Waals surface area contributed by atoms with Crippen molar-refractivity contribution in [1.29, 1.82) is 0 Å². The van der Waals surface area contributed by atoms with Crippen LogP contribution < -0.4 is 0 Å². The minimum atomic E-state index is 0.781. The van der Waals surface area contributed by atoms with Crippen LogP contribution in [0, 0.1) is 0 Å². The highest BCUT2D eigenvalue weighted by Crippen LogP contribution is 2.20. The lowest BCUT2D eigenvalue weighted by atomic mass is 10.0. The number of piperidine rings is 1. The summed E-state index contributed by atoms with van der Waals surface area (Å²) in [7, 11) is 0. The summed E-state index contributed by atoms with van der Waals surface area (Å²) >= 11 is 3.56. The Hall–Kier alpha value is -0.350. The second kappa shape index (κ2) is 6.40. The first-order valence-corrected chi connectivity index (χ1v) is 7.30. The van der Waals surface area contributed by atoms with Crippen LogP contribution in [-0.4, -0.2) is 39.1 Å². The number of nitrogens with zero attached hydrogens (tertiary/aromatic N) is 3. The Kier molecular flexibility index (Phi) is 4.85. The lowest BCUT2D eigenvalue weighted by molar-refractivity contribution is 0.138. The van der Waals surface area contributed by atoms with E-state index < -0.39 is 0 Å². The Morgan fingerprint density at radius 3 is 3.00 bits per heavy atom. The molecule has 2 rings (SSSR count). The van der Waals surface area contributed by atoms with Crippen molar-refractivity contribution in [1.82, 2.24) is 14.7 Å². The van der Waals surface area contributed by atoms with Crippen LogP contribution in [0.15, 0.2) is 18.5 Å². The summed E-state index contributed by atoms with van der Waals surface area (Å²) in [5, 5.41) is 5.37. The van der Waals surface area contributed by atoms with Crippen LogP contribution in [0.2, 0.25) is 0 Å². The zero-order valence-electron chi connectivity index (χ0n) is 9.69. The number of alkyl halides is 1. The van der Waals surface area contributed by atoms with Crippen LogP contribution in [-0.2, 0) is 6.54 Å². The third-order valence-electron chi connectivity index (χ3n) is 3.37. The van der Waals surface area contributed by atoms with Crippen molar-refractivity contribution in [2.45, 2.75) is 38.3 Å². The van der Waals surface area contributed by atoms with Crippen LogP contribution in [0.5, 0.6) is 0 Å². The van der Waals surface area contributed by atoms with Crippen molar-refractivity contribution >= 4 is 15.9 Å². The van der Waals surface area contributed by atoms with Gasteiger partial charge in [-0.3, -0.25) is 9.58 Å². The van der Waals surface area contributed by atoms with Gasteiger partial charge in [0.2, 0.25) is 0 Å². The summed E-state index contributed by atoms with van der Waals surface area (Å²) in [5.41, 5.74) is 0. The Labute approximate surface area is 106 Å². The van der Waals surface area contributed by atoms with Crippen LogP contribution in [0.3, 0.4) is 0 Å². The molecular formula is C12H20BrN3. The van der Waals surface area contributed by atoms with Gasteiger partial charge in [0.1, 0.15) is 0 Å². The summed E-state index contributed by atoms with van der Waals surface area (Å²) < 4.78 is 2.03. The number of hydrogen-bond donors (Lipinski definition) is 0. The second-order valence-corrected chi connectivity index (χ2v) is 5.23. The number of halogens is 1. The first kappa shape index (κ1) is 12.1. The summed E-state index contributed by atoms with van der Waals surface area (Å²) in [6.07, 6.45) is 9.30. The fraction of sp³-hybridized carbons (Fsp3) is 0.750. The highest BCUT2D eigenvalue weighted by Gasteiger charge is 2.21. The van der Waals surface area contributed by atoms with Crippen molar-refractivity contribution in [3.63, 3.8) is 0 Å². The Balaban J connectivity index is 1.81. The second-order valence-electron chi connectivity index (χ2n) is 4.43. The predicted octanol–water partition coefficient (Wildman–Crippen LogP) is 2.52. The average molecular weight is 286 g/mol. The monoisotopic (exact) mass is 285 g/mol. The lowest BCUT2D eigenvalue weighted by Crippen LogP contribution is -2.41. The zero-order valence-corrected chi connectivity index (χ0v) is 11.3. The molecule has 90 valence electrons. The highest BCUT2D eigenvalue weighted by atomic mass is 79.9. The SMILES string of the molecule is BrCCC1CCCCN1CCn1cccn1. The number of rotatable bonds is 5. The maximum atomic E-state index is 4.25. The van der Waals surface area contributed by atoms with Crippen molar-refractivity contribution in [2.75, 3.05) is 18.4 Å². The Morgan fingerprint density at radius 1 is 1.31 bits per heavy atom. The summed E-state index contributed by atoms with van der Waals surface area (Å²) in [6.45, 7) is 3.42. The van der Waals surface area contributed by atoms with Gasteiger partial charge in [0.05, 0.1) is 6.54 Å². The molecule has 0 saturated carbocycles. The van der Waals surface area contributed by atoms with Crippen molar-refractivity contribution in [2.24, 2.45) is 0 Å². The molecule has 1 fully saturated rings. The molecule has 0 bridgehead atoms. The molecule has 4 heteroatoms. The van der Waals surface area contributed by atoms with Gasteiger partial charge in [-0.25, -0.2) is 0 Å². The number of hydrogen-bond acceptors (Lipinski definition) is 2. The van der Waals surface area contributed by atoms with E-state index in [1.807, 2.05) is 23.1 Å². The van der Waals surface area contributed by atoms with Gasteiger partial charge in [0, 0.05) is 30.3 Å². The maximum Gasteiger partial charge on any atom is 0.0536 e. The number of likely N-dealkylation sites (tertiary alicyclic amines) is 1. The molecule has 0 radical (unpaired) electrons. The standard InChI is InChI=1S/C12H20BrN3/c13-6-5-12-4-1-2-8-15(12)10-11-16-9-3-7-14-16/h3,7,9,12H,1-2,4-6,8,10-11H2. The minimum Gasteiger partial charge on any atom is -0.299 e. The van der Waals surface area contributed by atoms with E-state index in [4.69, 9.17) is 0 Å². The van der Waals surface area contributed by atoms with E-state index in [-0.39, 0.29) is 0 Å². The molecule has 0 aromatic carbocycles. The molecule has 16 heavy (non-hydrogen) atoms. The fourth-order valence-corrected chi connectivity index (χ4v) is 3.00. The van der Waals surface area contributed by atoms with Gasteiger partial charge in [0.15, 0.2) is 0 Å². The molecule has 1 aromatic heterocycles. The lowest BCUT2D eigenvalue weighted by Gasteiger charge is -2.35. The van der Waals surface area contributed by atoms with Crippen molar-refractivity contribution in [3.8, 4) is 0 Å². The Morgan fingerprint density at radius 2 is 2.25 bits per heavy atom. The van der Waals surface area contributed by atoms with Crippen LogP contribution in [0.1, 0.15) is 25.7 Å². The first-order valence-electron chi connectivity index (χ1n) is 6.17. The van der Waals surface area contributed by atoms with Gasteiger partial charge >= 0.3 is 0 Å². The maximum absolute atomic E-state index is 4.25. The molecular weight excluding hydrogens is 266 g/mol. The molecule has 1 aliphatic rings. The quantitative estimate of drug-likeness (QED) is 0.776. The molecule has 1 aliphatic heterocycles. The first-order chi connectivity index (χ1) is 7.90. The van der Waals surface area contributed by atoms with Crippen molar-refractivity contribution in [3.05, 3.63) is 18.5 Å². The van der Waals surface area contributed by atoms with Crippen LogP contribution in [0.4, 0.5) is 0 Å². The smallest absolute Gasteiger partial charge is 0.0536 e. The van der Waals surface area contributed by atoms with Gasteiger partial charge in [0.25, 0.3) is 0 Å². The van der Waals surface area contributed by atoms with E-state index in [9.17, 15) is 0 Å². The largest absolute Gasteiger partial charge is 0.299 e. The van der Waals surface area contributed by atoms with E-state index in [2.05, 4.69) is 25.9 Å². The Bertz CT molecular complexity index is 284. The summed E-state index contributed by atoms with van der Waals surface area (Å²) in [5.74, 6) is 0. The third-order valence-corrected chi connectivity index (χ3v) is 3.82. The molecule has 0 spiro atoms. The normalized spacial score (nSPS) is 22.4. The van der Waals surface area contributed by atoms with Gasteiger partial charge in [-0.05, 0) is 31.9 Å². The van der Waals surface area contributed by atoms with E-state index in [0.717, 1.165) is 24.5 Å². The van der Waals surface area contributed by atoms with E-state index in [1.54, 1.807) is 0 Å². The molecule has 1 aromatic rings. The van der Waals surface area contributed by atoms with E-state index >= 15 is 0 Å². The van der Waals surface area contributed by atoms with E-state index in [0.29, 0.717) is 0 Å². The molecule has 3 nitrogen and oxygen atoms in total. The predicted molar refractivity (Wildman–Crippen MR) is 69.9 cm³/mol. The molecule has 0 N–H and O–H groups in total. The van der Waals surface area contributed by atoms with E-state index in [1.165, 1.54) is 32.2 Å². The highest BCUT2D eigenvalue weighted by molar-refractivity contribution is 9.09. The topological polar surface area (TPSA) is 21.1 Å². The van der Waals surface area contributed by atoms with Gasteiger partial charge < -0.3 is 0 Å². The average Bonchev–Trinajstić information content (AvgIpc) is 2.81. The molecule has 0 amide bonds.